The van der Waals surface area contributed by atoms with Gasteiger partial charge in [-0.15, -0.1) is 0 Å². The minimum absolute atomic E-state index is 0.0345. The van der Waals surface area contributed by atoms with Crippen LogP contribution in [0.5, 0.6) is 0 Å². The largest absolute Gasteiger partial charge is 0.416 e. The van der Waals surface area contributed by atoms with Crippen molar-refractivity contribution in [3.8, 4) is 0 Å². The molecule has 6 nitrogen and oxygen atoms in total. The molecule has 0 aliphatic carbocycles. The van der Waals surface area contributed by atoms with Crippen molar-refractivity contribution in [1.29, 1.82) is 0 Å². The van der Waals surface area contributed by atoms with Crippen LogP contribution in [0.2, 0.25) is 0 Å². The Morgan fingerprint density at radius 2 is 1.62 bits per heavy atom. The Bertz CT molecular complexity index is 1290. The SMILES string of the molecule is O=C(c1cc(C(F)(F)F)cc(C(F)(F)F)c1)N1CCC(N2CCNCC2c2cnccn2)C(c2ccccc2)C1. The van der Waals surface area contributed by atoms with Gasteiger partial charge in [-0.2, -0.15) is 26.3 Å². The molecule has 0 spiro atoms. The third-order valence-corrected chi connectivity index (χ3v) is 7.56. The molecular weight excluding hydrogens is 536 g/mol. The highest BCUT2D eigenvalue weighted by molar-refractivity contribution is 5.95. The first-order valence-corrected chi connectivity index (χ1v) is 12.9. The third kappa shape index (κ3) is 5.97. The number of benzene rings is 2. The van der Waals surface area contributed by atoms with Crippen LogP contribution >= 0.6 is 0 Å². The van der Waals surface area contributed by atoms with E-state index in [1.807, 2.05) is 30.3 Å². The number of carbonyl (C=O) groups excluding carboxylic acids is 1. The van der Waals surface area contributed by atoms with E-state index < -0.39 is 35.0 Å². The van der Waals surface area contributed by atoms with Gasteiger partial charge in [0.05, 0.1) is 29.1 Å². The van der Waals surface area contributed by atoms with Crippen LogP contribution in [0.4, 0.5) is 26.3 Å². The second-order valence-electron chi connectivity index (χ2n) is 10.0. The lowest BCUT2D eigenvalue weighted by Crippen LogP contribution is -2.57. The molecule has 3 aromatic rings. The maximum Gasteiger partial charge on any atom is 0.416 e. The summed E-state index contributed by atoms with van der Waals surface area (Å²) in [5.74, 6) is -1.09. The Morgan fingerprint density at radius 3 is 2.25 bits per heavy atom. The van der Waals surface area contributed by atoms with Gasteiger partial charge in [-0.05, 0) is 30.2 Å². The molecule has 0 radical (unpaired) electrons. The summed E-state index contributed by atoms with van der Waals surface area (Å²) >= 11 is 0. The monoisotopic (exact) mass is 563 g/mol. The van der Waals surface area contributed by atoms with Crippen molar-refractivity contribution in [2.75, 3.05) is 32.7 Å². The van der Waals surface area contributed by atoms with Crippen LogP contribution in [-0.4, -0.2) is 64.4 Å². The Kier molecular flexibility index (Phi) is 7.83. The minimum atomic E-state index is -5.03. The number of likely N-dealkylation sites (tertiary alicyclic amines) is 1. The molecule has 3 atom stereocenters. The molecule has 40 heavy (non-hydrogen) atoms. The maximum absolute atomic E-state index is 13.5. The maximum atomic E-state index is 13.5. The quantitative estimate of drug-likeness (QED) is 0.445. The van der Waals surface area contributed by atoms with E-state index >= 15 is 0 Å². The van der Waals surface area contributed by atoms with E-state index in [0.29, 0.717) is 31.6 Å². The van der Waals surface area contributed by atoms with Crippen molar-refractivity contribution in [3.05, 3.63) is 95.1 Å². The number of alkyl halides is 6. The molecule has 2 aliphatic rings. The summed E-state index contributed by atoms with van der Waals surface area (Å²) in [6.45, 7) is 2.40. The molecule has 2 aromatic carbocycles. The van der Waals surface area contributed by atoms with Gasteiger partial charge in [0, 0.05) is 62.6 Å². The Labute approximate surface area is 227 Å². The number of carbonyl (C=O) groups is 1. The number of nitrogens with one attached hydrogen (secondary N) is 1. The van der Waals surface area contributed by atoms with Crippen LogP contribution in [0.1, 0.15) is 51.1 Å². The van der Waals surface area contributed by atoms with E-state index in [1.54, 1.807) is 18.6 Å². The number of hydrogen-bond acceptors (Lipinski definition) is 5. The second kappa shape index (κ2) is 11.2. The van der Waals surface area contributed by atoms with Gasteiger partial charge in [-0.3, -0.25) is 19.7 Å². The summed E-state index contributed by atoms with van der Waals surface area (Å²) in [7, 11) is 0. The van der Waals surface area contributed by atoms with Crippen LogP contribution in [0, 0.1) is 0 Å². The molecule has 0 bridgehead atoms. The van der Waals surface area contributed by atoms with E-state index in [0.717, 1.165) is 17.8 Å². The fourth-order valence-electron chi connectivity index (χ4n) is 5.68. The molecule has 1 aromatic heterocycles. The number of nitrogens with zero attached hydrogens (tertiary/aromatic N) is 4. The van der Waals surface area contributed by atoms with Gasteiger partial charge in [-0.1, -0.05) is 30.3 Å². The highest BCUT2D eigenvalue weighted by Gasteiger charge is 2.42. The van der Waals surface area contributed by atoms with E-state index in [4.69, 9.17) is 0 Å². The number of piperidine rings is 1. The Balaban J connectivity index is 1.47. The van der Waals surface area contributed by atoms with Crippen LogP contribution in [0.3, 0.4) is 0 Å². The van der Waals surface area contributed by atoms with Gasteiger partial charge >= 0.3 is 12.4 Å². The topological polar surface area (TPSA) is 61.4 Å². The summed E-state index contributed by atoms with van der Waals surface area (Å²) in [5, 5.41) is 3.38. The first-order chi connectivity index (χ1) is 19.0. The average Bonchev–Trinajstić information content (AvgIpc) is 2.96. The van der Waals surface area contributed by atoms with E-state index in [2.05, 4.69) is 20.2 Å². The van der Waals surface area contributed by atoms with Crippen molar-refractivity contribution >= 4 is 5.91 Å². The molecule has 3 heterocycles. The number of piperazine rings is 1. The standard InChI is InChI=1S/C28H27F6N5O/c29-27(30,31)20-12-19(13-21(14-20)28(32,33)34)26(40)38-10-6-24(22(17-38)18-4-2-1-3-5-18)39-11-9-36-16-25(39)23-15-35-7-8-37-23/h1-5,7-8,12-15,22,24-25,36H,6,9-11,16-17H2. The van der Waals surface area contributed by atoms with Gasteiger partial charge in [0.2, 0.25) is 0 Å². The van der Waals surface area contributed by atoms with Gasteiger partial charge in [-0.25, -0.2) is 0 Å². The smallest absolute Gasteiger partial charge is 0.338 e. The van der Waals surface area contributed by atoms with Crippen molar-refractivity contribution in [1.82, 2.24) is 25.1 Å². The highest BCUT2D eigenvalue weighted by atomic mass is 19.4. The van der Waals surface area contributed by atoms with Gasteiger partial charge in [0.25, 0.3) is 5.91 Å². The molecule has 212 valence electrons. The zero-order valence-corrected chi connectivity index (χ0v) is 21.3. The van der Waals surface area contributed by atoms with Crippen LogP contribution in [0.15, 0.2) is 67.1 Å². The van der Waals surface area contributed by atoms with E-state index in [9.17, 15) is 31.1 Å². The van der Waals surface area contributed by atoms with Crippen molar-refractivity contribution in [3.63, 3.8) is 0 Å². The van der Waals surface area contributed by atoms with Crippen LogP contribution < -0.4 is 5.32 Å². The number of halogens is 6. The molecule has 0 saturated carbocycles. The van der Waals surface area contributed by atoms with Crippen molar-refractivity contribution in [2.45, 2.75) is 36.8 Å². The predicted octanol–water partition coefficient (Wildman–Crippen LogP) is 5.16. The number of aromatic nitrogens is 2. The summed E-state index contributed by atoms with van der Waals surface area (Å²) < 4.78 is 80.7. The first-order valence-electron chi connectivity index (χ1n) is 12.9. The van der Waals surface area contributed by atoms with Crippen molar-refractivity contribution in [2.24, 2.45) is 0 Å². The second-order valence-corrected chi connectivity index (χ2v) is 10.0. The molecule has 3 unspecified atom stereocenters. The molecule has 1 N–H and O–H groups in total. The number of amides is 1. The first kappa shape index (κ1) is 28.0. The molecular formula is C28H27F6N5O. The fourth-order valence-corrected chi connectivity index (χ4v) is 5.68. The molecule has 5 rings (SSSR count). The number of rotatable bonds is 4. The summed E-state index contributed by atoms with van der Waals surface area (Å²) in [6, 6.07) is 10.4. The summed E-state index contributed by atoms with van der Waals surface area (Å²) in [5.41, 5.74) is -1.92. The zero-order chi connectivity index (χ0) is 28.5. The number of hydrogen-bond donors (Lipinski definition) is 1. The summed E-state index contributed by atoms with van der Waals surface area (Å²) in [6.07, 6.45) is -4.65. The fraction of sp³-hybridized carbons (Fsp3) is 0.393. The van der Waals surface area contributed by atoms with Gasteiger partial charge in [0.1, 0.15) is 0 Å². The lowest BCUT2D eigenvalue weighted by atomic mass is 9.83. The summed E-state index contributed by atoms with van der Waals surface area (Å²) in [4.78, 5) is 25.8. The van der Waals surface area contributed by atoms with E-state index in [1.165, 1.54) is 4.90 Å². The Morgan fingerprint density at radius 1 is 0.925 bits per heavy atom. The van der Waals surface area contributed by atoms with Gasteiger partial charge in [0.15, 0.2) is 0 Å². The molecule has 1 amide bonds. The molecule has 2 fully saturated rings. The normalized spacial score (nSPS) is 22.8. The average molecular weight is 564 g/mol. The Hall–Kier alpha value is -3.51. The van der Waals surface area contributed by atoms with E-state index in [-0.39, 0.29) is 37.2 Å². The highest BCUT2D eigenvalue weighted by Crippen LogP contribution is 2.39. The van der Waals surface area contributed by atoms with Gasteiger partial charge < -0.3 is 10.2 Å². The minimum Gasteiger partial charge on any atom is -0.338 e. The lowest BCUT2D eigenvalue weighted by molar-refractivity contribution is -0.143. The molecule has 12 heteroatoms. The molecule has 2 aliphatic heterocycles. The lowest BCUT2D eigenvalue weighted by Gasteiger charge is -2.48. The predicted molar refractivity (Wildman–Crippen MR) is 134 cm³/mol. The third-order valence-electron chi connectivity index (χ3n) is 7.56. The van der Waals surface area contributed by atoms with Crippen molar-refractivity contribution < 1.29 is 31.1 Å². The van der Waals surface area contributed by atoms with Crippen LogP contribution in [0.25, 0.3) is 0 Å². The zero-order valence-electron chi connectivity index (χ0n) is 21.3. The molecule has 2 saturated heterocycles. The van der Waals surface area contributed by atoms with Crippen LogP contribution in [-0.2, 0) is 12.4 Å².